The molecular weight excluding hydrogens is 137 g/mol. The maximum Gasteiger partial charge on any atom is 0.382 e. The molecule has 0 saturated heterocycles. The van der Waals surface area contributed by atoms with E-state index in [9.17, 15) is 18.3 Å². The predicted octanol–water partition coefficient (Wildman–Crippen LogP) is 0.996. The molecule has 0 aliphatic carbocycles. The molecule has 0 aromatic heterocycles. The lowest BCUT2D eigenvalue weighted by molar-refractivity contribution is -0.266. The minimum atomic E-state index is -3.70. The van der Waals surface area contributed by atoms with Crippen LogP contribution in [0.25, 0.3) is 0 Å². The van der Waals surface area contributed by atoms with Crippen LogP contribution in [0.5, 0.6) is 0 Å². The van der Waals surface area contributed by atoms with Crippen LogP contribution in [-0.4, -0.2) is 26.0 Å². The van der Waals surface area contributed by atoms with Crippen LogP contribution < -0.4 is 0 Å². The molecule has 0 aliphatic rings. The molecule has 5 heteroatoms. The van der Waals surface area contributed by atoms with Crippen molar-refractivity contribution in [2.24, 2.45) is 0 Å². The van der Waals surface area contributed by atoms with Gasteiger partial charge in [-0.05, 0) is 0 Å². The molecule has 0 rings (SSSR count). The Morgan fingerprint density at radius 1 is 1.44 bits per heavy atom. The van der Waals surface area contributed by atoms with Crippen molar-refractivity contribution in [1.82, 2.24) is 0 Å². The van der Waals surface area contributed by atoms with Gasteiger partial charge in [-0.2, -0.15) is 8.78 Å². The second kappa shape index (κ2) is 3.68. The summed E-state index contributed by atoms with van der Waals surface area (Å²) < 4.78 is 37.9. The summed E-state index contributed by atoms with van der Waals surface area (Å²) in [6, 6.07) is 0. The standard InChI is InChI=1S/C4H6F3O2/c5-1-2-9-4(6,7)3-8/h1-3H2. The molecule has 55 valence electrons. The highest BCUT2D eigenvalue weighted by Crippen LogP contribution is 2.13. The van der Waals surface area contributed by atoms with E-state index in [1.807, 2.05) is 0 Å². The zero-order valence-electron chi connectivity index (χ0n) is 4.57. The maximum absolute atomic E-state index is 11.6. The van der Waals surface area contributed by atoms with E-state index >= 15 is 0 Å². The number of ether oxygens (including phenoxy) is 1. The van der Waals surface area contributed by atoms with Gasteiger partial charge < -0.3 is 4.74 Å². The zero-order chi connectivity index (χ0) is 7.33. The summed E-state index contributed by atoms with van der Waals surface area (Å²) in [5.41, 5.74) is 0. The molecule has 9 heavy (non-hydrogen) atoms. The lowest BCUT2D eigenvalue weighted by Gasteiger charge is -2.10. The maximum atomic E-state index is 11.6. The largest absolute Gasteiger partial charge is 0.382 e. The van der Waals surface area contributed by atoms with E-state index < -0.39 is 26.0 Å². The van der Waals surface area contributed by atoms with Gasteiger partial charge in [-0.15, -0.1) is 0 Å². The molecule has 0 amide bonds. The number of hydrogen-bond acceptors (Lipinski definition) is 1. The van der Waals surface area contributed by atoms with Gasteiger partial charge in [-0.1, -0.05) is 0 Å². The van der Waals surface area contributed by atoms with E-state index in [4.69, 9.17) is 0 Å². The molecule has 0 aliphatic heterocycles. The zero-order valence-corrected chi connectivity index (χ0v) is 4.57. The Labute approximate surface area is 50.2 Å². The van der Waals surface area contributed by atoms with Crippen molar-refractivity contribution in [3.8, 4) is 0 Å². The Balaban J connectivity index is 3.33. The topological polar surface area (TPSA) is 29.1 Å². The van der Waals surface area contributed by atoms with E-state index in [1.165, 1.54) is 0 Å². The first-order valence-corrected chi connectivity index (χ1v) is 2.28. The van der Waals surface area contributed by atoms with Crippen molar-refractivity contribution in [3.05, 3.63) is 0 Å². The molecule has 2 nitrogen and oxygen atoms in total. The van der Waals surface area contributed by atoms with Crippen molar-refractivity contribution in [2.75, 3.05) is 19.9 Å². The predicted molar refractivity (Wildman–Crippen MR) is 22.4 cm³/mol. The summed E-state index contributed by atoms with van der Waals surface area (Å²) in [6.07, 6.45) is -3.70. The fourth-order valence-electron chi connectivity index (χ4n) is 0.230. The number of alkyl halides is 3. The van der Waals surface area contributed by atoms with Gasteiger partial charge in [-0.25, -0.2) is 9.50 Å². The van der Waals surface area contributed by atoms with Crippen LogP contribution >= 0.6 is 0 Å². The van der Waals surface area contributed by atoms with Crippen molar-refractivity contribution in [1.29, 1.82) is 0 Å². The smallest absolute Gasteiger partial charge is 0.316 e. The Morgan fingerprint density at radius 3 is 2.33 bits per heavy atom. The van der Waals surface area contributed by atoms with Crippen molar-refractivity contribution in [2.45, 2.75) is 6.11 Å². The Morgan fingerprint density at radius 2 is 2.00 bits per heavy atom. The fraction of sp³-hybridized carbons (Fsp3) is 1.00. The van der Waals surface area contributed by atoms with Gasteiger partial charge in [0.2, 0.25) is 0 Å². The normalized spacial score (nSPS) is 12.0. The van der Waals surface area contributed by atoms with Gasteiger partial charge in [-0.3, -0.25) is 0 Å². The average Bonchev–Trinajstić information content (AvgIpc) is 1.84. The quantitative estimate of drug-likeness (QED) is 0.577. The first-order chi connectivity index (χ1) is 4.12. The third-order valence-corrected chi connectivity index (χ3v) is 0.558. The molecular formula is C4H6F3O2. The van der Waals surface area contributed by atoms with Crippen molar-refractivity contribution < 1.29 is 23.0 Å². The van der Waals surface area contributed by atoms with E-state index in [-0.39, 0.29) is 0 Å². The third kappa shape index (κ3) is 4.23. The van der Waals surface area contributed by atoms with Crippen LogP contribution in [0.3, 0.4) is 0 Å². The molecule has 0 aromatic rings. The highest BCUT2D eigenvalue weighted by atomic mass is 19.3. The lowest BCUT2D eigenvalue weighted by Crippen LogP contribution is -2.25. The second-order valence-corrected chi connectivity index (χ2v) is 1.32. The minimum Gasteiger partial charge on any atom is -0.316 e. The van der Waals surface area contributed by atoms with Gasteiger partial charge >= 0.3 is 6.11 Å². The number of hydrogen-bond donors (Lipinski definition) is 0. The molecule has 0 fully saturated rings. The number of halogens is 3. The van der Waals surface area contributed by atoms with Gasteiger partial charge in [0.1, 0.15) is 6.67 Å². The molecule has 0 spiro atoms. The molecule has 0 atom stereocenters. The summed E-state index contributed by atoms with van der Waals surface area (Å²) in [6.45, 7) is -3.39. The molecule has 0 saturated carbocycles. The van der Waals surface area contributed by atoms with Crippen molar-refractivity contribution in [3.63, 3.8) is 0 Å². The van der Waals surface area contributed by atoms with Crippen LogP contribution in [0, 0.1) is 0 Å². The molecule has 0 heterocycles. The Bertz CT molecular complexity index is 76.2. The molecule has 1 radical (unpaired) electrons. The van der Waals surface area contributed by atoms with E-state index in [2.05, 4.69) is 4.74 Å². The Hall–Kier alpha value is -0.290. The average molecular weight is 143 g/mol. The van der Waals surface area contributed by atoms with Gasteiger partial charge in [0, 0.05) is 0 Å². The van der Waals surface area contributed by atoms with Gasteiger partial charge in [0.15, 0.2) is 6.61 Å². The highest BCUT2D eigenvalue weighted by Gasteiger charge is 2.29. The summed E-state index contributed by atoms with van der Waals surface area (Å²) in [5, 5.41) is 9.46. The van der Waals surface area contributed by atoms with Crippen molar-refractivity contribution >= 4 is 0 Å². The summed E-state index contributed by atoms with van der Waals surface area (Å²) in [7, 11) is 0. The number of rotatable bonds is 4. The molecule has 0 unspecified atom stereocenters. The third-order valence-electron chi connectivity index (χ3n) is 0.558. The lowest BCUT2D eigenvalue weighted by atomic mass is 10.6. The fourth-order valence-corrected chi connectivity index (χ4v) is 0.230. The Kier molecular flexibility index (Phi) is 3.56. The first kappa shape index (κ1) is 8.71. The van der Waals surface area contributed by atoms with E-state index in [0.29, 0.717) is 0 Å². The SMILES string of the molecule is [O]CC(F)(F)OCCF. The molecule has 0 N–H and O–H groups in total. The van der Waals surface area contributed by atoms with E-state index in [1.54, 1.807) is 0 Å². The summed E-state index contributed by atoms with van der Waals surface area (Å²) >= 11 is 0. The first-order valence-electron chi connectivity index (χ1n) is 2.28. The van der Waals surface area contributed by atoms with Gasteiger partial charge in [0.25, 0.3) is 0 Å². The highest BCUT2D eigenvalue weighted by molar-refractivity contribution is 4.46. The second-order valence-electron chi connectivity index (χ2n) is 1.32. The summed E-state index contributed by atoms with van der Waals surface area (Å²) in [4.78, 5) is 0. The monoisotopic (exact) mass is 143 g/mol. The van der Waals surface area contributed by atoms with Gasteiger partial charge in [0.05, 0.1) is 6.61 Å². The molecule has 0 aromatic carbocycles. The van der Waals surface area contributed by atoms with E-state index in [0.717, 1.165) is 0 Å². The van der Waals surface area contributed by atoms with Crippen LogP contribution in [0.4, 0.5) is 13.2 Å². The minimum absolute atomic E-state index is 0.727. The van der Waals surface area contributed by atoms with Crippen LogP contribution in [-0.2, 0) is 9.84 Å². The van der Waals surface area contributed by atoms with Crippen LogP contribution in [0.15, 0.2) is 0 Å². The van der Waals surface area contributed by atoms with Crippen LogP contribution in [0.2, 0.25) is 0 Å². The molecule has 0 bridgehead atoms. The summed E-state index contributed by atoms with van der Waals surface area (Å²) in [5.74, 6) is 0. The van der Waals surface area contributed by atoms with Crippen LogP contribution in [0.1, 0.15) is 0 Å².